The van der Waals surface area contributed by atoms with Crippen LogP contribution in [-0.2, 0) is 30.5 Å². The van der Waals surface area contributed by atoms with E-state index >= 15 is 0 Å². The lowest BCUT2D eigenvalue weighted by Crippen LogP contribution is -2.28. The summed E-state index contributed by atoms with van der Waals surface area (Å²) in [5.74, 6) is -2.23. The van der Waals surface area contributed by atoms with Gasteiger partial charge in [-0.15, -0.1) is 0 Å². The van der Waals surface area contributed by atoms with E-state index in [9.17, 15) is 36.0 Å². The number of halogens is 3. The van der Waals surface area contributed by atoms with Gasteiger partial charge in [0.1, 0.15) is 0 Å². The first-order valence-corrected chi connectivity index (χ1v) is 10.4. The second kappa shape index (κ2) is 10.2. The summed E-state index contributed by atoms with van der Waals surface area (Å²) in [4.78, 5) is 33.8. The van der Waals surface area contributed by atoms with Crippen LogP contribution in [0.1, 0.15) is 22.3 Å². The zero-order valence-corrected chi connectivity index (χ0v) is 17.1. The molecule has 0 unspecified atom stereocenters. The zero-order chi connectivity index (χ0) is 23.9. The van der Waals surface area contributed by atoms with Crippen molar-refractivity contribution >= 4 is 33.5 Å². The van der Waals surface area contributed by atoms with Crippen LogP contribution in [0.4, 0.5) is 18.9 Å². The van der Waals surface area contributed by atoms with Gasteiger partial charge in [0.2, 0.25) is 15.9 Å². The van der Waals surface area contributed by atoms with Crippen LogP contribution in [0.5, 0.6) is 0 Å². The van der Waals surface area contributed by atoms with Crippen molar-refractivity contribution in [2.45, 2.75) is 17.5 Å². The molecule has 2 amide bonds. The number of anilines is 1. The third kappa shape index (κ3) is 7.35. The van der Waals surface area contributed by atoms with Gasteiger partial charge in [-0.3, -0.25) is 14.4 Å². The molecule has 9 nitrogen and oxygen atoms in total. The summed E-state index contributed by atoms with van der Waals surface area (Å²) in [6, 6.07) is 8.75. The largest absolute Gasteiger partial charge is 0.456 e. The molecule has 0 aliphatic heterocycles. The summed E-state index contributed by atoms with van der Waals surface area (Å²) in [7, 11) is -4.29. The minimum absolute atomic E-state index is 0.238. The van der Waals surface area contributed by atoms with Crippen LogP contribution in [0.15, 0.2) is 53.4 Å². The van der Waals surface area contributed by atoms with Crippen LogP contribution >= 0.6 is 0 Å². The molecule has 0 spiro atoms. The molecule has 32 heavy (non-hydrogen) atoms. The van der Waals surface area contributed by atoms with Gasteiger partial charge >= 0.3 is 12.1 Å². The van der Waals surface area contributed by atoms with E-state index in [4.69, 9.17) is 10.5 Å². The van der Waals surface area contributed by atoms with Gasteiger partial charge < -0.3 is 15.8 Å². The minimum atomic E-state index is -4.71. The van der Waals surface area contributed by atoms with E-state index in [1.165, 1.54) is 24.3 Å². The lowest BCUT2D eigenvalue weighted by Gasteiger charge is -2.10. The summed E-state index contributed by atoms with van der Waals surface area (Å²) in [5.41, 5.74) is 4.53. The molecular formula is C19H18F3N3O6S. The average molecular weight is 473 g/mol. The van der Waals surface area contributed by atoms with E-state index in [0.717, 1.165) is 18.2 Å². The maximum atomic E-state index is 12.7. The number of carbonyl (C=O) groups excluding carboxylic acids is 3. The highest BCUT2D eigenvalue weighted by molar-refractivity contribution is 7.89. The minimum Gasteiger partial charge on any atom is -0.456 e. The van der Waals surface area contributed by atoms with Crippen molar-refractivity contribution in [1.29, 1.82) is 0 Å². The SMILES string of the molecule is NC(=O)c1ccc(NC(=O)COC(=O)CCNS(=O)(=O)c2cccc(C(F)(F)F)c2)cc1. The molecule has 2 aromatic rings. The van der Waals surface area contributed by atoms with Crippen molar-refractivity contribution in [2.75, 3.05) is 18.5 Å². The van der Waals surface area contributed by atoms with Crippen molar-refractivity contribution < 1.29 is 40.7 Å². The Bertz CT molecular complexity index is 1100. The summed E-state index contributed by atoms with van der Waals surface area (Å²) in [6.07, 6.45) is -5.17. The Morgan fingerprint density at radius 2 is 1.69 bits per heavy atom. The number of ether oxygens (including phenoxy) is 1. The van der Waals surface area contributed by atoms with Gasteiger partial charge in [0.15, 0.2) is 6.61 Å². The fraction of sp³-hybridized carbons (Fsp3) is 0.211. The molecule has 0 atom stereocenters. The van der Waals surface area contributed by atoms with Gasteiger partial charge in [-0.2, -0.15) is 13.2 Å². The van der Waals surface area contributed by atoms with Gasteiger partial charge in [0, 0.05) is 17.8 Å². The Hall–Kier alpha value is -3.45. The molecule has 0 saturated heterocycles. The lowest BCUT2D eigenvalue weighted by molar-refractivity contribution is -0.147. The molecular weight excluding hydrogens is 455 g/mol. The first-order valence-electron chi connectivity index (χ1n) is 8.91. The zero-order valence-electron chi connectivity index (χ0n) is 16.3. The monoisotopic (exact) mass is 473 g/mol. The molecule has 13 heteroatoms. The van der Waals surface area contributed by atoms with E-state index in [0.29, 0.717) is 11.8 Å². The number of esters is 1. The fourth-order valence-corrected chi connectivity index (χ4v) is 3.42. The molecule has 0 aliphatic rings. The van der Waals surface area contributed by atoms with Gasteiger partial charge in [-0.05, 0) is 42.5 Å². The lowest BCUT2D eigenvalue weighted by atomic mass is 10.2. The van der Waals surface area contributed by atoms with Gasteiger partial charge in [-0.25, -0.2) is 13.1 Å². The number of amides is 2. The molecule has 2 rings (SSSR count). The number of hydrogen-bond donors (Lipinski definition) is 3. The van der Waals surface area contributed by atoms with Crippen LogP contribution in [0.25, 0.3) is 0 Å². The Balaban J connectivity index is 1.79. The molecule has 172 valence electrons. The molecule has 0 aliphatic carbocycles. The number of rotatable bonds is 9. The second-order valence-electron chi connectivity index (χ2n) is 6.32. The smallest absolute Gasteiger partial charge is 0.416 e. The Morgan fingerprint density at radius 3 is 2.28 bits per heavy atom. The Morgan fingerprint density at radius 1 is 1.03 bits per heavy atom. The van der Waals surface area contributed by atoms with Crippen LogP contribution in [0.3, 0.4) is 0 Å². The summed E-state index contributed by atoms with van der Waals surface area (Å²) in [5, 5.41) is 2.41. The third-order valence-electron chi connectivity index (χ3n) is 3.91. The highest BCUT2D eigenvalue weighted by Gasteiger charge is 2.31. The molecule has 4 N–H and O–H groups in total. The van der Waals surface area contributed by atoms with Crippen molar-refractivity contribution in [3.8, 4) is 0 Å². The fourth-order valence-electron chi connectivity index (χ4n) is 2.34. The summed E-state index contributed by atoms with van der Waals surface area (Å²) in [6.45, 7) is -1.11. The normalized spacial score (nSPS) is 11.6. The molecule has 0 bridgehead atoms. The summed E-state index contributed by atoms with van der Waals surface area (Å²) < 4.78 is 69.1. The van der Waals surface area contributed by atoms with Crippen LogP contribution in [0.2, 0.25) is 0 Å². The molecule has 2 aromatic carbocycles. The van der Waals surface area contributed by atoms with Crippen molar-refractivity contribution in [3.63, 3.8) is 0 Å². The van der Waals surface area contributed by atoms with Crippen LogP contribution in [-0.4, -0.2) is 39.4 Å². The third-order valence-corrected chi connectivity index (χ3v) is 5.37. The van der Waals surface area contributed by atoms with Crippen molar-refractivity contribution in [3.05, 3.63) is 59.7 Å². The van der Waals surface area contributed by atoms with Crippen molar-refractivity contribution in [2.24, 2.45) is 5.73 Å². The molecule has 0 radical (unpaired) electrons. The standard InChI is InChI=1S/C19H18F3N3O6S/c20-19(21,22)13-2-1-3-15(10-13)32(29,30)24-9-8-17(27)31-11-16(26)25-14-6-4-12(5-7-14)18(23)28/h1-7,10,24H,8-9,11H2,(H2,23,28)(H,25,26). The van der Waals surface area contributed by atoms with Gasteiger partial charge in [0.05, 0.1) is 16.9 Å². The number of nitrogens with two attached hydrogens (primary N) is 1. The molecule has 0 aromatic heterocycles. The highest BCUT2D eigenvalue weighted by atomic mass is 32.2. The number of nitrogens with one attached hydrogen (secondary N) is 2. The van der Waals surface area contributed by atoms with E-state index in [2.05, 4.69) is 5.32 Å². The predicted molar refractivity (Wildman–Crippen MR) is 106 cm³/mol. The van der Waals surface area contributed by atoms with Crippen LogP contribution in [0, 0.1) is 0 Å². The highest BCUT2D eigenvalue weighted by Crippen LogP contribution is 2.30. The first kappa shape index (κ1) is 24.8. The first-order chi connectivity index (χ1) is 14.9. The Kier molecular flexibility index (Phi) is 7.94. The van der Waals surface area contributed by atoms with Crippen molar-refractivity contribution in [1.82, 2.24) is 4.72 Å². The number of hydrogen-bond acceptors (Lipinski definition) is 6. The van der Waals surface area contributed by atoms with E-state index in [-0.39, 0.29) is 5.56 Å². The van der Waals surface area contributed by atoms with E-state index in [1.807, 2.05) is 4.72 Å². The number of benzene rings is 2. The van der Waals surface area contributed by atoms with Crippen LogP contribution < -0.4 is 15.8 Å². The topological polar surface area (TPSA) is 145 Å². The Labute approximate surface area is 180 Å². The van der Waals surface area contributed by atoms with E-state index < -0.39 is 64.0 Å². The maximum absolute atomic E-state index is 12.7. The molecule has 0 fully saturated rings. The van der Waals surface area contributed by atoms with Gasteiger partial charge in [0.25, 0.3) is 5.91 Å². The number of primary amides is 1. The maximum Gasteiger partial charge on any atom is 0.416 e. The molecule has 0 heterocycles. The predicted octanol–water partition coefficient (Wildman–Crippen LogP) is 1.65. The van der Waals surface area contributed by atoms with Gasteiger partial charge in [-0.1, -0.05) is 6.07 Å². The average Bonchev–Trinajstić information content (AvgIpc) is 2.72. The second-order valence-corrected chi connectivity index (χ2v) is 8.09. The number of carbonyl (C=O) groups is 3. The number of sulfonamides is 1. The quantitative estimate of drug-likeness (QED) is 0.473. The molecule has 0 saturated carbocycles. The number of alkyl halides is 3. The summed E-state index contributed by atoms with van der Waals surface area (Å²) >= 11 is 0. The van der Waals surface area contributed by atoms with E-state index in [1.54, 1.807) is 0 Å².